The second-order valence-corrected chi connectivity index (χ2v) is 2.77. The van der Waals surface area contributed by atoms with Gasteiger partial charge in [-0.05, 0) is 18.6 Å². The zero-order valence-electron chi connectivity index (χ0n) is 7.90. The van der Waals surface area contributed by atoms with Gasteiger partial charge in [0.2, 0.25) is 0 Å². The molecule has 1 aromatic rings. The Morgan fingerprint density at radius 2 is 2.38 bits per heavy atom. The van der Waals surface area contributed by atoms with E-state index in [2.05, 4.69) is 4.99 Å². The summed E-state index contributed by atoms with van der Waals surface area (Å²) in [7, 11) is 1.65. The highest BCUT2D eigenvalue weighted by atomic mass is 16.5. The quantitative estimate of drug-likeness (QED) is 0.549. The molecule has 0 saturated heterocycles. The molecule has 0 fully saturated rings. The second kappa shape index (κ2) is 4.67. The van der Waals surface area contributed by atoms with Gasteiger partial charge in [0.15, 0.2) is 0 Å². The fourth-order valence-electron chi connectivity index (χ4n) is 1.02. The molecule has 0 amide bonds. The monoisotopic (exact) mass is 182 g/mol. The minimum absolute atomic E-state index is 0.619. The summed E-state index contributed by atoms with van der Waals surface area (Å²) in [6, 6.07) is 1.77. The summed E-state index contributed by atoms with van der Waals surface area (Å²) in [5.74, 6) is 0. The first-order valence-corrected chi connectivity index (χ1v) is 4.11. The van der Waals surface area contributed by atoms with Crippen molar-refractivity contribution in [2.24, 2.45) is 4.99 Å². The van der Waals surface area contributed by atoms with Crippen LogP contribution in [0.2, 0.25) is 0 Å². The number of pyridine rings is 1. The van der Waals surface area contributed by atoms with Crippen molar-refractivity contribution in [3.8, 4) is 0 Å². The number of aryl methyl sites for hydroxylation is 1. The van der Waals surface area contributed by atoms with Gasteiger partial charge in [-0.25, -0.2) is 4.73 Å². The third kappa shape index (κ3) is 2.91. The Morgan fingerprint density at radius 1 is 1.62 bits per heavy atom. The lowest BCUT2D eigenvalue weighted by atomic mass is 10.3. The number of hydrogen-bond acceptors (Lipinski definition) is 3. The lowest BCUT2D eigenvalue weighted by molar-refractivity contribution is 0.183. The number of methoxy groups -OCH3 is 1. The van der Waals surface area contributed by atoms with Crippen LogP contribution in [0.25, 0.3) is 0 Å². The van der Waals surface area contributed by atoms with Gasteiger partial charge in [0.25, 0.3) is 0 Å². The van der Waals surface area contributed by atoms with Gasteiger partial charge in [-0.15, -0.1) is 0 Å². The predicted octanol–water partition coefficient (Wildman–Crippen LogP) is 0.581. The van der Waals surface area contributed by atoms with Crippen LogP contribution in [0.15, 0.2) is 23.5 Å². The molecule has 1 N–H and O–H groups in total. The van der Waals surface area contributed by atoms with E-state index in [-0.39, 0.29) is 0 Å². The molecule has 13 heavy (non-hydrogen) atoms. The van der Waals surface area contributed by atoms with Crippen molar-refractivity contribution < 1.29 is 9.94 Å². The minimum atomic E-state index is 0.619. The van der Waals surface area contributed by atoms with Crippen LogP contribution in [0.5, 0.6) is 0 Å². The van der Waals surface area contributed by atoms with E-state index >= 15 is 0 Å². The van der Waals surface area contributed by atoms with E-state index in [0.29, 0.717) is 13.2 Å². The standard InChI is InChI=1S/C9H14N2O2/c1-8-7-11(12)5-3-9(8)10-4-6-13-2/h3,5,7,12H,4,6H2,1-2H3. The SMILES string of the molecule is COCCN=c1ccn(O)cc1C. The fourth-order valence-corrected chi connectivity index (χ4v) is 1.02. The van der Waals surface area contributed by atoms with Crippen molar-refractivity contribution in [1.29, 1.82) is 0 Å². The van der Waals surface area contributed by atoms with Crippen molar-refractivity contribution >= 4 is 0 Å². The van der Waals surface area contributed by atoms with Crippen LogP contribution >= 0.6 is 0 Å². The molecule has 0 atom stereocenters. The Balaban J connectivity index is 2.82. The van der Waals surface area contributed by atoms with E-state index in [0.717, 1.165) is 15.7 Å². The molecule has 0 aliphatic heterocycles. The number of hydrogen-bond donors (Lipinski definition) is 1. The molecule has 1 rings (SSSR count). The molecular formula is C9H14N2O2. The summed E-state index contributed by atoms with van der Waals surface area (Å²) in [6.45, 7) is 3.17. The van der Waals surface area contributed by atoms with E-state index in [4.69, 9.17) is 9.94 Å². The highest BCUT2D eigenvalue weighted by molar-refractivity contribution is 5.06. The molecule has 4 heteroatoms. The van der Waals surface area contributed by atoms with E-state index in [1.807, 2.05) is 6.92 Å². The molecule has 0 aliphatic carbocycles. The molecular weight excluding hydrogens is 168 g/mol. The zero-order valence-corrected chi connectivity index (χ0v) is 7.90. The van der Waals surface area contributed by atoms with E-state index in [9.17, 15) is 0 Å². The molecule has 0 radical (unpaired) electrons. The van der Waals surface area contributed by atoms with Crippen molar-refractivity contribution in [2.75, 3.05) is 20.3 Å². The molecule has 1 heterocycles. The molecule has 0 saturated carbocycles. The largest absolute Gasteiger partial charge is 0.429 e. The maximum atomic E-state index is 9.06. The third-order valence-corrected chi connectivity index (χ3v) is 1.69. The minimum Gasteiger partial charge on any atom is -0.429 e. The van der Waals surface area contributed by atoms with Gasteiger partial charge >= 0.3 is 0 Å². The summed E-state index contributed by atoms with van der Waals surface area (Å²) in [5, 5.41) is 9.95. The molecule has 0 bridgehead atoms. The first-order chi connectivity index (χ1) is 6.24. The predicted molar refractivity (Wildman–Crippen MR) is 48.7 cm³/mol. The Kier molecular flexibility index (Phi) is 3.52. The highest BCUT2D eigenvalue weighted by Gasteiger charge is 1.90. The van der Waals surface area contributed by atoms with Crippen molar-refractivity contribution in [1.82, 2.24) is 4.73 Å². The van der Waals surface area contributed by atoms with Gasteiger partial charge in [-0.2, -0.15) is 0 Å². The first-order valence-electron chi connectivity index (χ1n) is 4.11. The number of nitrogens with zero attached hydrogens (tertiary/aromatic N) is 2. The second-order valence-electron chi connectivity index (χ2n) is 2.77. The van der Waals surface area contributed by atoms with Crippen LogP contribution in [-0.4, -0.2) is 30.2 Å². The number of aromatic nitrogens is 1. The third-order valence-electron chi connectivity index (χ3n) is 1.69. The van der Waals surface area contributed by atoms with Crippen molar-refractivity contribution in [3.63, 3.8) is 0 Å². The molecule has 72 valence electrons. The average molecular weight is 182 g/mol. The normalized spacial score (nSPS) is 12.0. The molecule has 0 aliphatic rings. The molecule has 0 aromatic carbocycles. The van der Waals surface area contributed by atoms with Crippen LogP contribution < -0.4 is 5.36 Å². The maximum absolute atomic E-state index is 9.06. The Hall–Kier alpha value is -1.29. The molecule has 0 unspecified atom stereocenters. The topological polar surface area (TPSA) is 46.8 Å². The summed E-state index contributed by atoms with van der Waals surface area (Å²) in [4.78, 5) is 4.29. The van der Waals surface area contributed by atoms with Gasteiger partial charge in [0.1, 0.15) is 0 Å². The lowest BCUT2D eigenvalue weighted by Crippen LogP contribution is -2.11. The fraction of sp³-hybridized carbons (Fsp3) is 0.444. The molecule has 4 nitrogen and oxygen atoms in total. The van der Waals surface area contributed by atoms with Crippen LogP contribution in [0.4, 0.5) is 0 Å². The average Bonchev–Trinajstić information content (AvgIpc) is 2.09. The smallest absolute Gasteiger partial charge is 0.0658 e. The zero-order chi connectivity index (χ0) is 9.68. The van der Waals surface area contributed by atoms with Crippen molar-refractivity contribution in [3.05, 3.63) is 29.4 Å². The summed E-state index contributed by atoms with van der Waals surface area (Å²) >= 11 is 0. The summed E-state index contributed by atoms with van der Waals surface area (Å²) < 4.78 is 5.90. The van der Waals surface area contributed by atoms with E-state index < -0.39 is 0 Å². The number of rotatable bonds is 3. The van der Waals surface area contributed by atoms with Gasteiger partial charge < -0.3 is 9.94 Å². The number of ether oxygens (including phenoxy) is 1. The Bertz CT molecular complexity index is 331. The van der Waals surface area contributed by atoms with Gasteiger partial charge in [0.05, 0.1) is 18.5 Å². The van der Waals surface area contributed by atoms with Gasteiger partial charge in [0, 0.05) is 19.5 Å². The lowest BCUT2D eigenvalue weighted by Gasteiger charge is -1.99. The van der Waals surface area contributed by atoms with Crippen LogP contribution in [0, 0.1) is 6.92 Å². The summed E-state index contributed by atoms with van der Waals surface area (Å²) in [5.41, 5.74) is 0.945. The Labute approximate surface area is 77.1 Å². The molecule has 1 aromatic heterocycles. The van der Waals surface area contributed by atoms with Gasteiger partial charge in [-0.3, -0.25) is 4.99 Å². The maximum Gasteiger partial charge on any atom is 0.0658 e. The van der Waals surface area contributed by atoms with Crippen molar-refractivity contribution in [2.45, 2.75) is 6.92 Å². The van der Waals surface area contributed by atoms with Crippen LogP contribution in [0.3, 0.4) is 0 Å². The van der Waals surface area contributed by atoms with E-state index in [1.54, 1.807) is 25.6 Å². The first kappa shape index (κ1) is 9.80. The highest BCUT2D eigenvalue weighted by Crippen LogP contribution is 1.86. The van der Waals surface area contributed by atoms with Gasteiger partial charge in [-0.1, -0.05) is 0 Å². The van der Waals surface area contributed by atoms with E-state index in [1.165, 1.54) is 0 Å². The molecule has 0 spiro atoms. The Morgan fingerprint density at radius 3 is 3.00 bits per heavy atom. The van der Waals surface area contributed by atoms with Crippen LogP contribution in [-0.2, 0) is 4.74 Å². The summed E-state index contributed by atoms with van der Waals surface area (Å²) in [6.07, 6.45) is 3.17. The van der Waals surface area contributed by atoms with Crippen LogP contribution in [0.1, 0.15) is 5.56 Å².